The lowest BCUT2D eigenvalue weighted by Gasteiger charge is -2.37. The molecule has 0 aliphatic carbocycles. The molecule has 1 amide bonds. The minimum atomic E-state index is 0.0337. The van der Waals surface area contributed by atoms with Crippen LogP contribution in [0.3, 0.4) is 0 Å². The third kappa shape index (κ3) is 3.31. The van der Waals surface area contributed by atoms with Crippen LogP contribution in [0.2, 0.25) is 0 Å². The van der Waals surface area contributed by atoms with Crippen LogP contribution in [0, 0.1) is 6.92 Å². The largest absolute Gasteiger partial charge is 0.356 e. The third-order valence-corrected chi connectivity index (χ3v) is 5.12. The Morgan fingerprint density at radius 1 is 1.33 bits per heavy atom. The van der Waals surface area contributed by atoms with Gasteiger partial charge in [0.25, 0.3) is 5.91 Å². The van der Waals surface area contributed by atoms with E-state index in [4.69, 9.17) is 0 Å². The van der Waals surface area contributed by atoms with Gasteiger partial charge in [0.2, 0.25) is 0 Å². The van der Waals surface area contributed by atoms with Gasteiger partial charge in [0.1, 0.15) is 11.5 Å². The van der Waals surface area contributed by atoms with Crippen LogP contribution in [-0.4, -0.2) is 51.5 Å². The number of anilines is 1. The number of rotatable bonds is 3. The van der Waals surface area contributed by atoms with Crippen LogP contribution in [0.5, 0.6) is 0 Å². The zero-order valence-corrected chi connectivity index (χ0v) is 15.8. The minimum absolute atomic E-state index is 0.0337. The molecule has 1 aliphatic heterocycles. The molecule has 0 atom stereocenters. The smallest absolute Gasteiger partial charge is 0.272 e. The van der Waals surface area contributed by atoms with E-state index in [0.29, 0.717) is 5.69 Å². The Labute approximate surface area is 150 Å². The molecule has 1 fully saturated rings. The number of aryl methyl sites for hydroxylation is 2. The van der Waals surface area contributed by atoms with Gasteiger partial charge in [-0.25, -0.2) is 9.97 Å². The van der Waals surface area contributed by atoms with Crippen molar-refractivity contribution in [2.24, 2.45) is 7.05 Å². The monoisotopic (exact) mass is 391 g/mol. The lowest BCUT2D eigenvalue weighted by atomic mass is 10.0. The molecule has 1 saturated heterocycles. The maximum atomic E-state index is 12.6. The molecule has 0 aromatic carbocycles. The number of carbonyl (C=O) groups excluding carboxylic acids is 1. The average Bonchev–Trinajstić information content (AvgIpc) is 3.00. The van der Waals surface area contributed by atoms with Gasteiger partial charge in [0.15, 0.2) is 0 Å². The molecule has 2 aromatic rings. The van der Waals surface area contributed by atoms with E-state index < -0.39 is 0 Å². The number of carbonyl (C=O) groups is 1. The zero-order valence-electron chi connectivity index (χ0n) is 14.2. The highest BCUT2D eigenvalue weighted by Gasteiger charge is 2.28. The Kier molecular flexibility index (Phi) is 4.89. The van der Waals surface area contributed by atoms with E-state index in [1.807, 2.05) is 25.2 Å². The molecule has 2 aromatic heterocycles. The molecule has 3 rings (SSSR count). The molecule has 0 bridgehead atoms. The quantitative estimate of drug-likeness (QED) is 0.806. The van der Waals surface area contributed by atoms with Crippen LogP contribution in [0.25, 0.3) is 0 Å². The van der Waals surface area contributed by atoms with Gasteiger partial charge in [-0.3, -0.25) is 4.79 Å². The lowest BCUT2D eigenvalue weighted by molar-refractivity contribution is 0.0699. The van der Waals surface area contributed by atoms with Crippen molar-refractivity contribution in [2.75, 3.05) is 25.0 Å². The predicted molar refractivity (Wildman–Crippen MR) is 97.2 cm³/mol. The van der Waals surface area contributed by atoms with Crippen LogP contribution in [0.15, 0.2) is 29.3 Å². The van der Waals surface area contributed by atoms with Crippen LogP contribution >= 0.6 is 15.9 Å². The molecule has 1 aliphatic rings. The van der Waals surface area contributed by atoms with Gasteiger partial charge < -0.3 is 14.4 Å². The minimum Gasteiger partial charge on any atom is -0.356 e. The van der Waals surface area contributed by atoms with Gasteiger partial charge in [-0.1, -0.05) is 0 Å². The molecule has 0 unspecified atom stereocenters. The Bertz CT molecular complexity index is 736. The van der Waals surface area contributed by atoms with E-state index in [2.05, 4.69) is 43.8 Å². The fourth-order valence-electron chi connectivity index (χ4n) is 3.24. The Morgan fingerprint density at radius 3 is 2.62 bits per heavy atom. The number of pyridine rings is 1. The summed E-state index contributed by atoms with van der Waals surface area (Å²) in [5.41, 5.74) is 1.80. The summed E-state index contributed by atoms with van der Waals surface area (Å²) in [6.45, 7) is 3.89. The van der Waals surface area contributed by atoms with Crippen molar-refractivity contribution in [3.05, 3.63) is 40.5 Å². The molecule has 128 valence electrons. The molecule has 0 spiro atoms. The number of aromatic nitrogens is 3. The fraction of sp³-hybridized carbons (Fsp3) is 0.471. The van der Waals surface area contributed by atoms with Gasteiger partial charge in [-0.05, 0) is 47.3 Å². The summed E-state index contributed by atoms with van der Waals surface area (Å²) < 4.78 is 2.77. The number of hydrogen-bond acceptors (Lipinski definition) is 4. The fourth-order valence-corrected chi connectivity index (χ4v) is 3.68. The Balaban J connectivity index is 1.64. The summed E-state index contributed by atoms with van der Waals surface area (Å²) in [6.07, 6.45) is 7.01. The zero-order chi connectivity index (χ0) is 17.3. The maximum absolute atomic E-state index is 12.6. The maximum Gasteiger partial charge on any atom is 0.272 e. The molecule has 0 radical (unpaired) electrons. The standard InChI is InChI=1S/C17H22BrN5O/c1-12-8-13(18)9-20-16(12)23-6-4-14(5-7-23)22(3)17(24)15-10-19-11-21(15)2/h8-11,14H,4-7H2,1-3H3. The number of piperidine rings is 1. The van der Waals surface area contributed by atoms with Gasteiger partial charge in [-0.15, -0.1) is 0 Å². The van der Waals surface area contributed by atoms with Crippen molar-refractivity contribution < 1.29 is 4.79 Å². The van der Waals surface area contributed by atoms with Crippen molar-refractivity contribution in [1.29, 1.82) is 0 Å². The van der Waals surface area contributed by atoms with Gasteiger partial charge >= 0.3 is 0 Å². The number of amides is 1. The van der Waals surface area contributed by atoms with E-state index in [1.54, 1.807) is 17.1 Å². The first-order valence-corrected chi connectivity index (χ1v) is 8.87. The molecule has 3 heterocycles. The summed E-state index contributed by atoms with van der Waals surface area (Å²) in [6, 6.07) is 2.34. The van der Waals surface area contributed by atoms with Crippen LogP contribution < -0.4 is 4.90 Å². The van der Waals surface area contributed by atoms with Crippen molar-refractivity contribution in [1.82, 2.24) is 19.4 Å². The van der Waals surface area contributed by atoms with Crippen molar-refractivity contribution >= 4 is 27.7 Å². The van der Waals surface area contributed by atoms with E-state index in [9.17, 15) is 4.79 Å². The van der Waals surface area contributed by atoms with Crippen LogP contribution in [0.1, 0.15) is 28.9 Å². The van der Waals surface area contributed by atoms with Crippen molar-refractivity contribution in [3.63, 3.8) is 0 Å². The number of halogens is 1. The summed E-state index contributed by atoms with van der Waals surface area (Å²) in [7, 11) is 3.73. The molecule has 0 N–H and O–H groups in total. The number of imidazole rings is 1. The predicted octanol–water partition coefficient (Wildman–Crippen LogP) is 2.63. The van der Waals surface area contributed by atoms with Crippen molar-refractivity contribution in [2.45, 2.75) is 25.8 Å². The molecule has 0 saturated carbocycles. The van der Waals surface area contributed by atoms with Crippen LogP contribution in [-0.2, 0) is 7.05 Å². The second kappa shape index (κ2) is 6.93. The molecule has 24 heavy (non-hydrogen) atoms. The Morgan fingerprint density at radius 2 is 2.04 bits per heavy atom. The SMILES string of the molecule is Cc1cc(Br)cnc1N1CCC(N(C)C(=O)c2cncn2C)CC1. The first kappa shape index (κ1) is 17.0. The van der Waals surface area contributed by atoms with E-state index in [-0.39, 0.29) is 11.9 Å². The second-order valence-electron chi connectivity index (χ2n) is 6.32. The summed E-state index contributed by atoms with van der Waals surface area (Å²) in [5, 5.41) is 0. The van der Waals surface area contributed by atoms with E-state index in [1.165, 1.54) is 5.56 Å². The second-order valence-corrected chi connectivity index (χ2v) is 7.23. The summed E-state index contributed by atoms with van der Waals surface area (Å²) >= 11 is 3.46. The average molecular weight is 392 g/mol. The number of hydrogen-bond donors (Lipinski definition) is 0. The topological polar surface area (TPSA) is 54.3 Å². The molecule has 6 nitrogen and oxygen atoms in total. The summed E-state index contributed by atoms with van der Waals surface area (Å²) in [4.78, 5) is 25.3. The summed E-state index contributed by atoms with van der Waals surface area (Å²) in [5.74, 6) is 1.07. The van der Waals surface area contributed by atoms with Crippen molar-refractivity contribution in [3.8, 4) is 0 Å². The van der Waals surface area contributed by atoms with Crippen LogP contribution in [0.4, 0.5) is 5.82 Å². The van der Waals surface area contributed by atoms with Gasteiger partial charge in [0, 0.05) is 43.9 Å². The lowest BCUT2D eigenvalue weighted by Crippen LogP contribution is -2.46. The molecular weight excluding hydrogens is 370 g/mol. The normalized spacial score (nSPS) is 15.6. The molecule has 7 heteroatoms. The van der Waals surface area contributed by atoms with Gasteiger partial charge in [0.05, 0.1) is 12.5 Å². The number of nitrogens with zero attached hydrogens (tertiary/aromatic N) is 5. The highest BCUT2D eigenvalue weighted by Crippen LogP contribution is 2.25. The first-order chi connectivity index (χ1) is 11.5. The third-order valence-electron chi connectivity index (χ3n) is 4.69. The van der Waals surface area contributed by atoms with E-state index in [0.717, 1.165) is 36.2 Å². The van der Waals surface area contributed by atoms with Gasteiger partial charge in [-0.2, -0.15) is 0 Å². The first-order valence-electron chi connectivity index (χ1n) is 8.08. The Hall–Kier alpha value is -1.89. The van der Waals surface area contributed by atoms with E-state index >= 15 is 0 Å². The highest BCUT2D eigenvalue weighted by molar-refractivity contribution is 9.10. The molecular formula is C17H22BrN5O. The highest BCUT2D eigenvalue weighted by atomic mass is 79.9.